The highest BCUT2D eigenvalue weighted by Gasteiger charge is 2.50. The standard InChI is InChI=1S/C38H53BrN4O2/c1-26(31-11-10-12-32(39)20-31)40-37-33-21-35(44-4)36(22-34(33)41-27(2)42-37)45-16-9-7-5-6-8-14-43(3)15-13-38-23-28-17-29(24-38)19-30(18-28)25-38/h10-12,20-22,26,28-30H,5-9,13-19,23-25H2,1-4H3,(H,40,41,42)/t26-,28?,29?,30?,38?/m1/s1. The van der Waals surface area contributed by atoms with Gasteiger partial charge in [0.2, 0.25) is 0 Å². The van der Waals surface area contributed by atoms with Gasteiger partial charge < -0.3 is 19.7 Å². The molecule has 1 N–H and O–H groups in total. The SMILES string of the molecule is COc1cc2c(N[C@H](C)c3cccc(Br)c3)nc(C)nc2cc1OCCCCCCCN(C)CCC12CC3CC(CC(C3)C1)C2. The van der Waals surface area contributed by atoms with E-state index in [1.807, 2.05) is 25.1 Å². The molecule has 244 valence electrons. The molecule has 0 amide bonds. The van der Waals surface area contributed by atoms with Crippen LogP contribution in [-0.2, 0) is 0 Å². The summed E-state index contributed by atoms with van der Waals surface area (Å²) in [5, 5.41) is 4.51. The minimum atomic E-state index is 0.0775. The Balaban J connectivity index is 0.924. The molecule has 3 aromatic rings. The van der Waals surface area contributed by atoms with Gasteiger partial charge in [0.05, 0.1) is 25.3 Å². The molecule has 1 aromatic heterocycles. The maximum absolute atomic E-state index is 6.24. The van der Waals surface area contributed by atoms with Crippen molar-refractivity contribution in [1.29, 1.82) is 0 Å². The van der Waals surface area contributed by atoms with Crippen molar-refractivity contribution >= 4 is 32.7 Å². The summed E-state index contributed by atoms with van der Waals surface area (Å²) in [5.41, 5.74) is 2.75. The maximum Gasteiger partial charge on any atom is 0.163 e. The summed E-state index contributed by atoms with van der Waals surface area (Å²) in [6.07, 6.45) is 16.8. The van der Waals surface area contributed by atoms with E-state index in [-0.39, 0.29) is 6.04 Å². The van der Waals surface area contributed by atoms with E-state index in [0.717, 1.165) is 56.9 Å². The number of benzene rings is 2. The third-order valence-electron chi connectivity index (χ3n) is 10.9. The Morgan fingerprint density at radius 3 is 2.36 bits per heavy atom. The summed E-state index contributed by atoms with van der Waals surface area (Å²) in [5.74, 6) is 6.18. The van der Waals surface area contributed by atoms with Crippen molar-refractivity contribution in [3.63, 3.8) is 0 Å². The minimum Gasteiger partial charge on any atom is -0.493 e. The predicted molar refractivity (Wildman–Crippen MR) is 188 cm³/mol. The Kier molecular flexibility index (Phi) is 10.6. The second-order valence-corrected chi connectivity index (χ2v) is 15.6. The van der Waals surface area contributed by atoms with Crippen molar-refractivity contribution in [3.8, 4) is 11.5 Å². The first-order valence-corrected chi connectivity index (χ1v) is 18.3. The van der Waals surface area contributed by atoms with E-state index >= 15 is 0 Å². The van der Waals surface area contributed by atoms with Crippen molar-refractivity contribution in [2.24, 2.45) is 23.2 Å². The van der Waals surface area contributed by atoms with E-state index in [1.165, 1.54) is 50.8 Å². The van der Waals surface area contributed by atoms with Crippen LogP contribution in [0.4, 0.5) is 5.82 Å². The number of hydrogen-bond acceptors (Lipinski definition) is 6. The quantitative estimate of drug-likeness (QED) is 0.152. The van der Waals surface area contributed by atoms with Gasteiger partial charge in [0.25, 0.3) is 0 Å². The lowest BCUT2D eigenvalue weighted by Crippen LogP contribution is -2.47. The number of nitrogens with one attached hydrogen (secondary N) is 1. The molecule has 4 aliphatic carbocycles. The van der Waals surface area contributed by atoms with Gasteiger partial charge in [-0.3, -0.25) is 0 Å². The van der Waals surface area contributed by atoms with E-state index in [4.69, 9.17) is 19.4 Å². The van der Waals surface area contributed by atoms with Crippen molar-refractivity contribution in [3.05, 3.63) is 52.3 Å². The summed E-state index contributed by atoms with van der Waals surface area (Å²) >= 11 is 3.58. The highest BCUT2D eigenvalue weighted by molar-refractivity contribution is 9.10. The van der Waals surface area contributed by atoms with E-state index in [0.29, 0.717) is 17.8 Å². The van der Waals surface area contributed by atoms with Gasteiger partial charge in [-0.25, -0.2) is 9.97 Å². The van der Waals surface area contributed by atoms with Crippen molar-refractivity contribution in [2.45, 2.75) is 96.9 Å². The second kappa shape index (κ2) is 14.6. The van der Waals surface area contributed by atoms with Crippen LogP contribution in [-0.4, -0.2) is 48.7 Å². The van der Waals surface area contributed by atoms with Crippen LogP contribution in [0.5, 0.6) is 11.5 Å². The number of rotatable bonds is 16. The summed E-state index contributed by atoms with van der Waals surface area (Å²) in [7, 11) is 4.04. The van der Waals surface area contributed by atoms with E-state index in [9.17, 15) is 0 Å². The first-order valence-electron chi connectivity index (χ1n) is 17.5. The van der Waals surface area contributed by atoms with Gasteiger partial charge in [0, 0.05) is 15.9 Å². The molecular formula is C38H53BrN4O2. The molecule has 0 unspecified atom stereocenters. The number of anilines is 1. The molecule has 6 nitrogen and oxygen atoms in total. The Hall–Kier alpha value is -2.38. The van der Waals surface area contributed by atoms with Crippen LogP contribution >= 0.6 is 15.9 Å². The lowest BCUT2D eigenvalue weighted by molar-refractivity contribution is -0.0602. The summed E-state index contributed by atoms with van der Waals surface area (Å²) in [6.45, 7) is 7.28. The number of methoxy groups -OCH3 is 1. The molecule has 4 aliphatic rings. The van der Waals surface area contributed by atoms with Crippen LogP contribution in [0.1, 0.15) is 101 Å². The number of fused-ring (bicyclic) bond motifs is 1. The monoisotopic (exact) mass is 676 g/mol. The van der Waals surface area contributed by atoms with Crippen LogP contribution in [0.25, 0.3) is 10.9 Å². The smallest absolute Gasteiger partial charge is 0.163 e. The molecule has 0 saturated heterocycles. The highest BCUT2D eigenvalue weighted by Crippen LogP contribution is 2.61. The Labute approximate surface area is 279 Å². The molecule has 7 heteroatoms. The number of aryl methyl sites for hydroxylation is 1. The first kappa shape index (κ1) is 32.6. The fraction of sp³-hybridized carbons (Fsp3) is 0.632. The summed E-state index contributed by atoms with van der Waals surface area (Å²) in [4.78, 5) is 12.1. The molecule has 0 radical (unpaired) electrons. The number of halogens is 1. The van der Waals surface area contributed by atoms with Crippen LogP contribution in [0.3, 0.4) is 0 Å². The normalized spacial score (nSPS) is 24.4. The minimum absolute atomic E-state index is 0.0775. The number of hydrogen-bond donors (Lipinski definition) is 1. The number of nitrogens with zero attached hydrogens (tertiary/aromatic N) is 3. The Morgan fingerprint density at radius 2 is 1.64 bits per heavy atom. The van der Waals surface area contributed by atoms with Gasteiger partial charge in [-0.05, 0) is 139 Å². The molecule has 2 aromatic carbocycles. The van der Waals surface area contributed by atoms with Crippen molar-refractivity contribution in [2.75, 3.05) is 39.2 Å². The highest BCUT2D eigenvalue weighted by atomic mass is 79.9. The summed E-state index contributed by atoms with van der Waals surface area (Å²) in [6, 6.07) is 12.4. The lowest BCUT2D eigenvalue weighted by Gasteiger charge is -2.57. The molecule has 4 fully saturated rings. The fourth-order valence-electron chi connectivity index (χ4n) is 9.03. The third kappa shape index (κ3) is 8.13. The van der Waals surface area contributed by atoms with Crippen molar-refractivity contribution < 1.29 is 9.47 Å². The average Bonchev–Trinajstić information content (AvgIpc) is 3.00. The van der Waals surface area contributed by atoms with Crippen LogP contribution in [0, 0.1) is 30.1 Å². The zero-order valence-electron chi connectivity index (χ0n) is 27.9. The third-order valence-corrected chi connectivity index (χ3v) is 11.4. The van der Waals surface area contributed by atoms with Crippen LogP contribution < -0.4 is 14.8 Å². The Bertz CT molecular complexity index is 1410. The van der Waals surface area contributed by atoms with Crippen LogP contribution in [0.2, 0.25) is 0 Å². The molecule has 4 saturated carbocycles. The van der Waals surface area contributed by atoms with E-state index in [2.05, 4.69) is 58.3 Å². The van der Waals surface area contributed by atoms with Crippen molar-refractivity contribution in [1.82, 2.24) is 14.9 Å². The molecule has 0 spiro atoms. The van der Waals surface area contributed by atoms with Gasteiger partial charge in [-0.15, -0.1) is 0 Å². The zero-order chi connectivity index (χ0) is 31.4. The molecular weight excluding hydrogens is 624 g/mol. The molecule has 45 heavy (non-hydrogen) atoms. The largest absolute Gasteiger partial charge is 0.493 e. The van der Waals surface area contributed by atoms with Gasteiger partial charge in [0.15, 0.2) is 11.5 Å². The number of ether oxygens (including phenoxy) is 2. The predicted octanol–water partition coefficient (Wildman–Crippen LogP) is 9.75. The van der Waals surface area contributed by atoms with Gasteiger partial charge in [-0.1, -0.05) is 47.3 Å². The Morgan fingerprint density at radius 1 is 0.933 bits per heavy atom. The van der Waals surface area contributed by atoms with Gasteiger partial charge in [-0.2, -0.15) is 0 Å². The lowest BCUT2D eigenvalue weighted by atomic mass is 9.49. The summed E-state index contributed by atoms with van der Waals surface area (Å²) < 4.78 is 13.0. The number of unbranched alkanes of at least 4 members (excludes halogenated alkanes) is 4. The molecule has 0 aliphatic heterocycles. The average molecular weight is 678 g/mol. The molecule has 1 atom stereocenters. The first-order chi connectivity index (χ1) is 21.8. The number of aromatic nitrogens is 2. The van der Waals surface area contributed by atoms with Gasteiger partial charge >= 0.3 is 0 Å². The van der Waals surface area contributed by atoms with E-state index in [1.54, 1.807) is 45.6 Å². The van der Waals surface area contributed by atoms with Crippen LogP contribution in [0.15, 0.2) is 40.9 Å². The van der Waals surface area contributed by atoms with Gasteiger partial charge in [0.1, 0.15) is 11.6 Å². The second-order valence-electron chi connectivity index (χ2n) is 14.6. The molecule has 4 bridgehead atoms. The molecule has 7 rings (SSSR count). The van der Waals surface area contributed by atoms with E-state index < -0.39 is 0 Å². The fourth-order valence-corrected chi connectivity index (χ4v) is 9.45. The zero-order valence-corrected chi connectivity index (χ0v) is 29.5. The maximum atomic E-state index is 6.24. The molecule has 1 heterocycles. The topological polar surface area (TPSA) is 59.5 Å².